The Hall–Kier alpha value is -1.71. The summed E-state index contributed by atoms with van der Waals surface area (Å²) < 4.78 is 0. The number of amides is 1. The molecule has 4 heteroatoms. The SMILES string of the molecule is CC1CCC[C@H]1CCCCCC1Nc2ccc(O)cc2NC1=O. The zero-order valence-electron chi connectivity index (χ0n) is 14.0. The lowest BCUT2D eigenvalue weighted by Crippen LogP contribution is -2.38. The Labute approximate surface area is 138 Å². The number of anilines is 2. The average molecular weight is 316 g/mol. The molecule has 1 aliphatic heterocycles. The van der Waals surface area contributed by atoms with E-state index in [4.69, 9.17) is 0 Å². The molecular formula is C19H28N2O2. The summed E-state index contributed by atoms with van der Waals surface area (Å²) in [6.45, 7) is 2.39. The van der Waals surface area contributed by atoms with Crippen LogP contribution in [0.5, 0.6) is 5.75 Å². The van der Waals surface area contributed by atoms with E-state index < -0.39 is 0 Å². The number of phenolic OH excluding ortho intramolecular Hbond substituents is 1. The summed E-state index contributed by atoms with van der Waals surface area (Å²) in [6, 6.07) is 4.89. The zero-order valence-corrected chi connectivity index (χ0v) is 14.0. The van der Waals surface area contributed by atoms with Crippen LogP contribution in [0.3, 0.4) is 0 Å². The summed E-state index contributed by atoms with van der Waals surface area (Å²) in [5, 5.41) is 15.6. The molecule has 4 nitrogen and oxygen atoms in total. The van der Waals surface area contributed by atoms with Gasteiger partial charge in [-0.15, -0.1) is 0 Å². The van der Waals surface area contributed by atoms with Crippen LogP contribution in [-0.2, 0) is 4.79 Å². The fourth-order valence-electron chi connectivity index (χ4n) is 4.02. The molecule has 1 aromatic carbocycles. The molecule has 3 atom stereocenters. The monoisotopic (exact) mass is 316 g/mol. The lowest BCUT2D eigenvalue weighted by Gasteiger charge is -2.27. The summed E-state index contributed by atoms with van der Waals surface area (Å²) >= 11 is 0. The van der Waals surface area contributed by atoms with Gasteiger partial charge in [0.05, 0.1) is 11.4 Å². The minimum absolute atomic E-state index is 0.00696. The van der Waals surface area contributed by atoms with Gasteiger partial charge >= 0.3 is 0 Å². The van der Waals surface area contributed by atoms with E-state index in [-0.39, 0.29) is 17.7 Å². The molecule has 1 saturated carbocycles. The van der Waals surface area contributed by atoms with Crippen molar-refractivity contribution >= 4 is 17.3 Å². The van der Waals surface area contributed by atoms with Gasteiger partial charge in [-0.3, -0.25) is 4.79 Å². The topological polar surface area (TPSA) is 61.4 Å². The van der Waals surface area contributed by atoms with Gasteiger partial charge in [0.15, 0.2) is 0 Å². The molecule has 1 aliphatic carbocycles. The van der Waals surface area contributed by atoms with Crippen LogP contribution >= 0.6 is 0 Å². The summed E-state index contributed by atoms with van der Waals surface area (Å²) in [7, 11) is 0. The summed E-state index contributed by atoms with van der Waals surface area (Å²) in [6.07, 6.45) is 10.0. The number of rotatable bonds is 6. The second kappa shape index (κ2) is 7.24. The van der Waals surface area contributed by atoms with E-state index in [1.54, 1.807) is 12.1 Å². The highest BCUT2D eigenvalue weighted by Gasteiger charge is 2.25. The van der Waals surface area contributed by atoms with Gasteiger partial charge in [0, 0.05) is 6.07 Å². The maximum Gasteiger partial charge on any atom is 0.246 e. The van der Waals surface area contributed by atoms with Crippen LogP contribution in [-0.4, -0.2) is 17.1 Å². The summed E-state index contributed by atoms with van der Waals surface area (Å²) in [5.74, 6) is 2.03. The van der Waals surface area contributed by atoms with E-state index in [2.05, 4.69) is 17.6 Å². The van der Waals surface area contributed by atoms with Gasteiger partial charge in [-0.2, -0.15) is 0 Å². The molecule has 3 N–H and O–H groups in total. The van der Waals surface area contributed by atoms with Gasteiger partial charge in [-0.1, -0.05) is 51.9 Å². The first kappa shape index (κ1) is 16.2. The standard InChI is InChI=1S/C19H28N2O2/c1-13-6-5-8-14(13)7-3-2-4-9-17-19(23)21-18-12-15(22)10-11-16(18)20-17/h10-14,17,20,22H,2-9H2,1H3,(H,21,23)/t13?,14-,17?/m1/s1. The van der Waals surface area contributed by atoms with E-state index >= 15 is 0 Å². The Morgan fingerprint density at radius 1 is 1.13 bits per heavy atom. The van der Waals surface area contributed by atoms with E-state index in [1.807, 2.05) is 6.07 Å². The third-order valence-electron chi connectivity index (χ3n) is 5.51. The Bertz CT molecular complexity index is 558. The Morgan fingerprint density at radius 2 is 1.96 bits per heavy atom. The zero-order chi connectivity index (χ0) is 16.2. The Morgan fingerprint density at radius 3 is 2.74 bits per heavy atom. The molecule has 0 bridgehead atoms. The quantitative estimate of drug-likeness (QED) is 0.534. The number of hydrogen-bond acceptors (Lipinski definition) is 3. The minimum Gasteiger partial charge on any atom is -0.508 e. The number of fused-ring (bicyclic) bond motifs is 1. The van der Waals surface area contributed by atoms with E-state index in [0.29, 0.717) is 5.69 Å². The third-order valence-corrected chi connectivity index (χ3v) is 5.51. The summed E-state index contributed by atoms with van der Waals surface area (Å²) in [4.78, 5) is 12.1. The molecule has 1 amide bonds. The third kappa shape index (κ3) is 3.98. The molecule has 23 heavy (non-hydrogen) atoms. The minimum atomic E-state index is -0.155. The fourth-order valence-corrected chi connectivity index (χ4v) is 4.02. The van der Waals surface area contributed by atoms with Crippen LogP contribution in [0.15, 0.2) is 18.2 Å². The highest BCUT2D eigenvalue weighted by atomic mass is 16.3. The van der Waals surface area contributed by atoms with Crippen LogP contribution in [0.2, 0.25) is 0 Å². The molecule has 1 fully saturated rings. The average Bonchev–Trinajstić information content (AvgIpc) is 2.93. The van der Waals surface area contributed by atoms with Crippen molar-refractivity contribution in [3.63, 3.8) is 0 Å². The number of phenols is 1. The first-order valence-electron chi connectivity index (χ1n) is 9.04. The van der Waals surface area contributed by atoms with Crippen molar-refractivity contribution in [3.8, 4) is 5.75 Å². The first-order valence-corrected chi connectivity index (χ1v) is 9.04. The smallest absolute Gasteiger partial charge is 0.246 e. The molecule has 0 spiro atoms. The van der Waals surface area contributed by atoms with Crippen molar-refractivity contribution in [2.75, 3.05) is 10.6 Å². The van der Waals surface area contributed by atoms with Crippen LogP contribution in [0, 0.1) is 11.8 Å². The predicted molar refractivity (Wildman–Crippen MR) is 93.7 cm³/mol. The molecule has 1 heterocycles. The molecule has 0 aromatic heterocycles. The summed E-state index contributed by atoms with van der Waals surface area (Å²) in [5.41, 5.74) is 1.56. The molecule has 126 valence electrons. The molecule has 0 saturated heterocycles. The Balaban J connectivity index is 1.40. The van der Waals surface area contributed by atoms with E-state index in [9.17, 15) is 9.90 Å². The van der Waals surface area contributed by atoms with Crippen molar-refractivity contribution in [3.05, 3.63) is 18.2 Å². The number of unbranched alkanes of at least 4 members (excludes halogenated alkanes) is 2. The lowest BCUT2D eigenvalue weighted by molar-refractivity contribution is -0.117. The molecule has 2 unspecified atom stereocenters. The van der Waals surface area contributed by atoms with Crippen LogP contribution in [0.4, 0.5) is 11.4 Å². The van der Waals surface area contributed by atoms with E-state index in [0.717, 1.165) is 30.4 Å². The van der Waals surface area contributed by atoms with Crippen molar-refractivity contribution in [1.82, 2.24) is 0 Å². The first-order chi connectivity index (χ1) is 11.1. The molecule has 3 rings (SSSR count). The van der Waals surface area contributed by atoms with Crippen LogP contribution in [0.25, 0.3) is 0 Å². The molecule has 0 radical (unpaired) electrons. The predicted octanol–water partition coefficient (Wildman–Crippen LogP) is 4.51. The van der Waals surface area contributed by atoms with E-state index in [1.165, 1.54) is 38.5 Å². The number of hydrogen-bond donors (Lipinski definition) is 3. The van der Waals surface area contributed by atoms with Gasteiger partial charge in [-0.05, 0) is 30.4 Å². The van der Waals surface area contributed by atoms with Crippen molar-refractivity contribution in [1.29, 1.82) is 0 Å². The Kier molecular flexibility index (Phi) is 5.09. The van der Waals surface area contributed by atoms with Gasteiger partial charge in [-0.25, -0.2) is 0 Å². The van der Waals surface area contributed by atoms with Crippen molar-refractivity contribution < 1.29 is 9.90 Å². The highest BCUT2D eigenvalue weighted by Crippen LogP contribution is 2.35. The van der Waals surface area contributed by atoms with Gasteiger partial charge in [0.1, 0.15) is 11.8 Å². The normalized spacial score (nSPS) is 26.5. The lowest BCUT2D eigenvalue weighted by atomic mass is 9.92. The van der Waals surface area contributed by atoms with Gasteiger partial charge in [0.2, 0.25) is 5.91 Å². The number of carbonyl (C=O) groups excluding carboxylic acids is 1. The fraction of sp³-hybridized carbons (Fsp3) is 0.632. The van der Waals surface area contributed by atoms with Gasteiger partial charge in [0.25, 0.3) is 0 Å². The van der Waals surface area contributed by atoms with Crippen LogP contribution in [0.1, 0.15) is 58.3 Å². The molecule has 2 aliphatic rings. The van der Waals surface area contributed by atoms with Crippen molar-refractivity contribution in [2.24, 2.45) is 11.8 Å². The van der Waals surface area contributed by atoms with Crippen LogP contribution < -0.4 is 10.6 Å². The number of nitrogens with one attached hydrogen (secondary N) is 2. The van der Waals surface area contributed by atoms with Gasteiger partial charge < -0.3 is 15.7 Å². The molecular weight excluding hydrogens is 288 g/mol. The number of carbonyl (C=O) groups is 1. The molecule has 1 aromatic rings. The van der Waals surface area contributed by atoms with Crippen molar-refractivity contribution in [2.45, 2.75) is 64.3 Å². The highest BCUT2D eigenvalue weighted by molar-refractivity contribution is 6.03. The largest absolute Gasteiger partial charge is 0.508 e. The second-order valence-electron chi connectivity index (χ2n) is 7.22. The number of aromatic hydroxyl groups is 1. The second-order valence-corrected chi connectivity index (χ2v) is 7.22. The maximum atomic E-state index is 12.1. The number of benzene rings is 1. The maximum absolute atomic E-state index is 12.1.